The van der Waals surface area contributed by atoms with Gasteiger partial charge in [0.15, 0.2) is 0 Å². The van der Waals surface area contributed by atoms with Crippen LogP contribution in [0.3, 0.4) is 0 Å². The van der Waals surface area contributed by atoms with Crippen molar-refractivity contribution in [3.8, 4) is 0 Å². The summed E-state index contributed by atoms with van der Waals surface area (Å²) in [5, 5.41) is 9.66. The van der Waals surface area contributed by atoms with Gasteiger partial charge >= 0.3 is 5.97 Å². The van der Waals surface area contributed by atoms with Crippen LogP contribution < -0.4 is 0 Å². The predicted octanol–water partition coefficient (Wildman–Crippen LogP) is 0.875. The van der Waals surface area contributed by atoms with E-state index in [9.17, 15) is 9.90 Å². The van der Waals surface area contributed by atoms with Crippen LogP contribution in [0, 0.1) is 5.41 Å². The summed E-state index contributed by atoms with van der Waals surface area (Å²) in [5.41, 5.74) is -0.751. The Morgan fingerprint density at radius 2 is 2.42 bits per heavy atom. The quantitative estimate of drug-likeness (QED) is 0.494. The Balaban J connectivity index is 2.90. The number of aliphatic hydroxyl groups is 1. The van der Waals surface area contributed by atoms with Crippen molar-refractivity contribution < 1.29 is 14.6 Å². The molecule has 1 fully saturated rings. The van der Waals surface area contributed by atoms with Gasteiger partial charge in [-0.15, -0.1) is 0 Å². The first-order valence-electron chi connectivity index (χ1n) is 4.08. The van der Waals surface area contributed by atoms with E-state index >= 15 is 0 Å². The number of cyclic esters (lactones) is 1. The van der Waals surface area contributed by atoms with E-state index in [2.05, 4.69) is 6.58 Å². The summed E-state index contributed by atoms with van der Waals surface area (Å²) in [5.74, 6) is -0.331. The zero-order valence-electron chi connectivity index (χ0n) is 7.41. The van der Waals surface area contributed by atoms with Gasteiger partial charge in [0.1, 0.15) is 12.2 Å². The van der Waals surface area contributed by atoms with Crippen LogP contribution in [0.1, 0.15) is 20.3 Å². The largest absolute Gasteiger partial charge is 0.455 e. The second kappa shape index (κ2) is 2.90. The number of hydrogen-bond donors (Lipinski definition) is 1. The van der Waals surface area contributed by atoms with E-state index in [0.29, 0.717) is 6.42 Å². The van der Waals surface area contributed by atoms with Crippen molar-refractivity contribution in [1.29, 1.82) is 0 Å². The predicted molar refractivity (Wildman–Crippen MR) is 44.5 cm³/mol. The van der Waals surface area contributed by atoms with Gasteiger partial charge in [-0.1, -0.05) is 13.5 Å². The molecule has 0 saturated carbocycles. The molecule has 0 aliphatic carbocycles. The van der Waals surface area contributed by atoms with Gasteiger partial charge in [0, 0.05) is 0 Å². The topological polar surface area (TPSA) is 46.5 Å². The molecule has 1 aliphatic heterocycles. The molecule has 3 heteroatoms. The first-order valence-corrected chi connectivity index (χ1v) is 4.08. The van der Waals surface area contributed by atoms with Crippen molar-refractivity contribution in [1.82, 2.24) is 0 Å². The Labute approximate surface area is 72.0 Å². The fraction of sp³-hybridized carbons (Fsp3) is 0.667. The Hall–Kier alpha value is -0.830. The number of ether oxygens (including phenoxy) is 1. The zero-order chi connectivity index (χ0) is 9.35. The molecule has 0 aromatic carbocycles. The van der Waals surface area contributed by atoms with Crippen LogP contribution >= 0.6 is 0 Å². The summed E-state index contributed by atoms with van der Waals surface area (Å²) in [6, 6.07) is 0. The summed E-state index contributed by atoms with van der Waals surface area (Å²) in [6.45, 7) is 7.06. The summed E-state index contributed by atoms with van der Waals surface area (Å²) in [4.78, 5) is 11.3. The lowest BCUT2D eigenvalue weighted by atomic mass is 9.82. The lowest BCUT2D eigenvalue weighted by molar-refractivity contribution is -0.147. The molecule has 1 heterocycles. The molecule has 0 radical (unpaired) electrons. The normalized spacial score (nSPS) is 41.1. The highest BCUT2D eigenvalue weighted by atomic mass is 16.6. The molecule has 0 spiro atoms. The Morgan fingerprint density at radius 3 is 2.67 bits per heavy atom. The van der Waals surface area contributed by atoms with Crippen molar-refractivity contribution in [3.05, 3.63) is 12.7 Å². The van der Waals surface area contributed by atoms with Gasteiger partial charge in [0.25, 0.3) is 0 Å². The van der Waals surface area contributed by atoms with Crippen LogP contribution in [0.5, 0.6) is 0 Å². The summed E-state index contributed by atoms with van der Waals surface area (Å²) in [6.07, 6.45) is 0.746. The molecule has 0 aromatic heterocycles. The molecule has 3 nitrogen and oxygen atoms in total. The van der Waals surface area contributed by atoms with Crippen molar-refractivity contribution in [2.24, 2.45) is 5.41 Å². The first kappa shape index (κ1) is 9.26. The average molecular weight is 170 g/mol. The fourth-order valence-electron chi connectivity index (χ4n) is 1.34. The molecule has 1 aliphatic rings. The van der Waals surface area contributed by atoms with E-state index in [1.54, 1.807) is 6.92 Å². The van der Waals surface area contributed by atoms with E-state index in [4.69, 9.17) is 4.74 Å². The number of aliphatic hydroxyl groups excluding tert-OH is 1. The second-order valence-corrected chi connectivity index (χ2v) is 3.32. The van der Waals surface area contributed by atoms with Gasteiger partial charge in [-0.2, -0.15) is 0 Å². The van der Waals surface area contributed by atoms with Crippen LogP contribution in [0.25, 0.3) is 0 Å². The third kappa shape index (κ3) is 1.05. The molecule has 0 aromatic rings. The Bertz CT molecular complexity index is 212. The van der Waals surface area contributed by atoms with Gasteiger partial charge in [0.2, 0.25) is 0 Å². The fourth-order valence-corrected chi connectivity index (χ4v) is 1.34. The van der Waals surface area contributed by atoms with Gasteiger partial charge in [0.05, 0.1) is 5.41 Å². The maximum atomic E-state index is 11.3. The number of carbonyl (C=O) groups excluding carboxylic acids is 1. The lowest BCUT2D eigenvalue weighted by Gasteiger charge is -2.21. The zero-order valence-corrected chi connectivity index (χ0v) is 7.41. The molecule has 0 bridgehead atoms. The van der Waals surface area contributed by atoms with Crippen molar-refractivity contribution in [2.75, 3.05) is 0 Å². The van der Waals surface area contributed by atoms with E-state index < -0.39 is 17.6 Å². The third-order valence-corrected chi connectivity index (χ3v) is 2.64. The van der Waals surface area contributed by atoms with Crippen molar-refractivity contribution >= 4 is 5.97 Å². The molecule has 12 heavy (non-hydrogen) atoms. The van der Waals surface area contributed by atoms with Gasteiger partial charge in [-0.25, -0.2) is 0 Å². The summed E-state index contributed by atoms with van der Waals surface area (Å²) in [7, 11) is 0. The SMILES string of the molecule is C=CC1OC(=O)C(C)(CC)C1O. The molecule has 1 saturated heterocycles. The molecule has 68 valence electrons. The maximum absolute atomic E-state index is 11.3. The summed E-state index contributed by atoms with van der Waals surface area (Å²) < 4.78 is 4.92. The van der Waals surface area contributed by atoms with E-state index in [1.165, 1.54) is 6.08 Å². The molecule has 3 atom stereocenters. The monoisotopic (exact) mass is 170 g/mol. The van der Waals surface area contributed by atoms with Crippen LogP contribution in [0.2, 0.25) is 0 Å². The standard InChI is InChI=1S/C9H14O3/c1-4-6-7(10)9(3,5-2)8(11)12-6/h4,6-7,10H,1,5H2,2-3H3. The third-order valence-electron chi connectivity index (χ3n) is 2.64. The van der Waals surface area contributed by atoms with Gasteiger partial charge in [-0.05, 0) is 19.4 Å². The van der Waals surface area contributed by atoms with Crippen LogP contribution in [-0.4, -0.2) is 23.3 Å². The van der Waals surface area contributed by atoms with Crippen molar-refractivity contribution in [2.45, 2.75) is 32.5 Å². The number of hydrogen-bond acceptors (Lipinski definition) is 3. The minimum absolute atomic E-state index is 0.331. The number of rotatable bonds is 2. The van der Waals surface area contributed by atoms with Crippen LogP contribution in [0.4, 0.5) is 0 Å². The van der Waals surface area contributed by atoms with Crippen LogP contribution in [0.15, 0.2) is 12.7 Å². The highest BCUT2D eigenvalue weighted by Crippen LogP contribution is 2.37. The minimum Gasteiger partial charge on any atom is -0.455 e. The summed E-state index contributed by atoms with van der Waals surface area (Å²) >= 11 is 0. The minimum atomic E-state index is -0.757. The Kier molecular flexibility index (Phi) is 2.24. The average Bonchev–Trinajstić information content (AvgIpc) is 2.30. The van der Waals surface area contributed by atoms with Crippen molar-refractivity contribution in [3.63, 3.8) is 0 Å². The highest BCUT2D eigenvalue weighted by molar-refractivity contribution is 5.80. The van der Waals surface area contributed by atoms with E-state index in [1.807, 2.05) is 6.92 Å². The van der Waals surface area contributed by atoms with Gasteiger partial charge < -0.3 is 9.84 Å². The van der Waals surface area contributed by atoms with Crippen LogP contribution in [-0.2, 0) is 9.53 Å². The smallest absolute Gasteiger partial charge is 0.315 e. The highest BCUT2D eigenvalue weighted by Gasteiger charge is 2.51. The molecule has 0 amide bonds. The van der Waals surface area contributed by atoms with E-state index in [-0.39, 0.29) is 5.97 Å². The number of esters is 1. The molecular formula is C9H14O3. The molecule has 1 N–H and O–H groups in total. The number of carbonyl (C=O) groups is 1. The first-order chi connectivity index (χ1) is 5.56. The van der Waals surface area contributed by atoms with Gasteiger partial charge in [-0.3, -0.25) is 4.79 Å². The lowest BCUT2D eigenvalue weighted by Crippen LogP contribution is -2.35. The maximum Gasteiger partial charge on any atom is 0.315 e. The Morgan fingerprint density at radius 1 is 1.83 bits per heavy atom. The molecule has 3 unspecified atom stereocenters. The molecular weight excluding hydrogens is 156 g/mol. The molecule has 1 rings (SSSR count). The second-order valence-electron chi connectivity index (χ2n) is 3.32. The van der Waals surface area contributed by atoms with E-state index in [0.717, 1.165) is 0 Å².